The first-order chi connectivity index (χ1) is 11.4. The second kappa shape index (κ2) is 8.30. The molecule has 132 valence electrons. The smallest absolute Gasteiger partial charge is 0.221 e. The van der Waals surface area contributed by atoms with Gasteiger partial charge < -0.3 is 10.3 Å². The number of benzene rings is 1. The molecule has 0 aliphatic carbocycles. The van der Waals surface area contributed by atoms with Gasteiger partial charge in [0.25, 0.3) is 0 Å². The van der Waals surface area contributed by atoms with E-state index < -0.39 is 10.0 Å². The third-order valence-electron chi connectivity index (χ3n) is 3.92. The maximum absolute atomic E-state index is 11.9. The molecule has 0 radical (unpaired) electrons. The van der Waals surface area contributed by atoms with E-state index in [1.807, 2.05) is 31.3 Å². The number of nitrogens with one attached hydrogen (secondary N) is 2. The fourth-order valence-corrected chi connectivity index (χ4v) is 3.62. The lowest BCUT2D eigenvalue weighted by atomic mass is 10.1. The summed E-state index contributed by atoms with van der Waals surface area (Å²) in [5.74, 6) is -0.125. The maximum Gasteiger partial charge on any atom is 0.221 e. The second-order valence-corrected chi connectivity index (χ2v) is 7.85. The van der Waals surface area contributed by atoms with E-state index in [4.69, 9.17) is 0 Å². The molecule has 0 aliphatic heterocycles. The SMILES string of the molecule is CCCN(CCC(=O)NCCc1c[nH]c2ccccc12)S(C)(=O)=O. The number of rotatable bonds is 9. The molecule has 0 unspecified atom stereocenters. The number of hydrogen-bond acceptors (Lipinski definition) is 3. The van der Waals surface area contributed by atoms with Crippen molar-refractivity contribution in [1.29, 1.82) is 0 Å². The largest absolute Gasteiger partial charge is 0.361 e. The van der Waals surface area contributed by atoms with Crippen LogP contribution < -0.4 is 5.32 Å². The van der Waals surface area contributed by atoms with Crippen molar-refractivity contribution in [2.45, 2.75) is 26.2 Å². The molecule has 0 fully saturated rings. The normalized spacial score (nSPS) is 12.0. The second-order valence-electron chi connectivity index (χ2n) is 5.87. The lowest BCUT2D eigenvalue weighted by Crippen LogP contribution is -2.35. The highest BCUT2D eigenvalue weighted by Crippen LogP contribution is 2.17. The molecule has 2 N–H and O–H groups in total. The molecule has 0 saturated carbocycles. The molecule has 6 nitrogen and oxygen atoms in total. The fraction of sp³-hybridized carbons (Fsp3) is 0.471. The van der Waals surface area contributed by atoms with Crippen molar-refractivity contribution in [2.75, 3.05) is 25.9 Å². The topological polar surface area (TPSA) is 82.3 Å². The lowest BCUT2D eigenvalue weighted by Gasteiger charge is -2.18. The standard InChI is InChI=1S/C17H25N3O3S/c1-3-11-20(24(2,22)23)12-9-17(21)18-10-8-14-13-19-16-7-5-4-6-15(14)16/h4-7,13,19H,3,8-12H2,1-2H3,(H,18,21). The van der Waals surface area contributed by atoms with E-state index in [1.165, 1.54) is 10.6 Å². The van der Waals surface area contributed by atoms with E-state index in [0.29, 0.717) is 13.1 Å². The number of amides is 1. The van der Waals surface area contributed by atoms with Gasteiger partial charge in [-0.1, -0.05) is 25.1 Å². The molecule has 1 aromatic carbocycles. The number of nitrogens with zero attached hydrogens (tertiary/aromatic N) is 1. The van der Waals surface area contributed by atoms with Crippen molar-refractivity contribution in [3.05, 3.63) is 36.0 Å². The predicted octanol–water partition coefficient (Wildman–Crippen LogP) is 1.89. The van der Waals surface area contributed by atoms with Crippen molar-refractivity contribution in [3.63, 3.8) is 0 Å². The molecule has 0 saturated heterocycles. The maximum atomic E-state index is 11.9. The van der Waals surface area contributed by atoms with Crippen molar-refractivity contribution in [2.24, 2.45) is 0 Å². The average molecular weight is 351 g/mol. The third-order valence-corrected chi connectivity index (χ3v) is 5.22. The number of sulfonamides is 1. The van der Waals surface area contributed by atoms with E-state index in [2.05, 4.69) is 16.4 Å². The van der Waals surface area contributed by atoms with Gasteiger partial charge in [0.15, 0.2) is 0 Å². The third kappa shape index (κ3) is 5.07. The molecule has 7 heteroatoms. The number of aromatic amines is 1. The Labute approximate surface area is 143 Å². The number of carbonyl (C=O) groups is 1. The molecule has 2 aromatic rings. The molecule has 0 bridgehead atoms. The molecular formula is C17H25N3O3S. The first kappa shape index (κ1) is 18.5. The number of H-pyrrole nitrogens is 1. The Morgan fingerprint density at radius 3 is 2.71 bits per heavy atom. The van der Waals surface area contributed by atoms with Crippen LogP contribution in [0.4, 0.5) is 0 Å². The summed E-state index contributed by atoms with van der Waals surface area (Å²) in [6.45, 7) is 3.12. The predicted molar refractivity (Wildman–Crippen MR) is 96.3 cm³/mol. The zero-order valence-corrected chi connectivity index (χ0v) is 15.0. The summed E-state index contributed by atoms with van der Waals surface area (Å²) < 4.78 is 24.6. The minimum atomic E-state index is -3.25. The molecule has 1 amide bonds. The summed E-state index contributed by atoms with van der Waals surface area (Å²) >= 11 is 0. The van der Waals surface area contributed by atoms with E-state index in [-0.39, 0.29) is 18.9 Å². The molecule has 0 atom stereocenters. The highest BCUT2D eigenvalue weighted by atomic mass is 32.2. The number of para-hydroxylation sites is 1. The molecular weight excluding hydrogens is 326 g/mol. The van der Waals surface area contributed by atoms with Gasteiger partial charge in [-0.05, 0) is 24.5 Å². The van der Waals surface area contributed by atoms with E-state index in [1.54, 1.807) is 0 Å². The highest BCUT2D eigenvalue weighted by molar-refractivity contribution is 7.88. The fourth-order valence-electron chi connectivity index (χ4n) is 2.68. The van der Waals surface area contributed by atoms with Crippen LogP contribution in [0.25, 0.3) is 10.9 Å². The monoisotopic (exact) mass is 351 g/mol. The van der Waals surface area contributed by atoms with Gasteiger partial charge in [-0.2, -0.15) is 0 Å². The molecule has 2 rings (SSSR count). The molecule has 0 spiro atoms. The number of carbonyl (C=O) groups excluding carboxylic acids is 1. The van der Waals surface area contributed by atoms with Crippen LogP contribution >= 0.6 is 0 Å². The Balaban J connectivity index is 1.79. The van der Waals surface area contributed by atoms with Gasteiger partial charge in [0.2, 0.25) is 15.9 Å². The van der Waals surface area contributed by atoms with Crippen LogP contribution in [-0.2, 0) is 21.2 Å². The average Bonchev–Trinajstić information content (AvgIpc) is 2.94. The van der Waals surface area contributed by atoms with Crippen LogP contribution in [0.3, 0.4) is 0 Å². The lowest BCUT2D eigenvalue weighted by molar-refractivity contribution is -0.121. The first-order valence-corrected chi connectivity index (χ1v) is 10.0. The first-order valence-electron chi connectivity index (χ1n) is 8.18. The number of fused-ring (bicyclic) bond motifs is 1. The minimum absolute atomic E-state index is 0.125. The van der Waals surface area contributed by atoms with Crippen LogP contribution in [0.1, 0.15) is 25.3 Å². The van der Waals surface area contributed by atoms with Crippen LogP contribution in [0.2, 0.25) is 0 Å². The minimum Gasteiger partial charge on any atom is -0.361 e. The van der Waals surface area contributed by atoms with Gasteiger partial charge in [-0.25, -0.2) is 12.7 Å². The Kier molecular flexibility index (Phi) is 6.39. The summed E-state index contributed by atoms with van der Waals surface area (Å²) in [6.07, 6.45) is 4.79. The Bertz CT molecular complexity index is 783. The van der Waals surface area contributed by atoms with Crippen LogP contribution in [0, 0.1) is 0 Å². The van der Waals surface area contributed by atoms with Crippen molar-refractivity contribution in [1.82, 2.24) is 14.6 Å². The van der Waals surface area contributed by atoms with E-state index in [9.17, 15) is 13.2 Å². The van der Waals surface area contributed by atoms with Crippen molar-refractivity contribution >= 4 is 26.8 Å². The highest BCUT2D eigenvalue weighted by Gasteiger charge is 2.16. The molecule has 1 aromatic heterocycles. The summed E-state index contributed by atoms with van der Waals surface area (Å²) in [5, 5.41) is 4.03. The van der Waals surface area contributed by atoms with E-state index >= 15 is 0 Å². The van der Waals surface area contributed by atoms with Gasteiger partial charge in [0.1, 0.15) is 0 Å². The Morgan fingerprint density at radius 2 is 2.00 bits per heavy atom. The van der Waals surface area contributed by atoms with Crippen molar-refractivity contribution < 1.29 is 13.2 Å². The summed E-state index contributed by atoms with van der Waals surface area (Å²) in [5.41, 5.74) is 2.25. The van der Waals surface area contributed by atoms with Crippen LogP contribution in [0.15, 0.2) is 30.5 Å². The summed E-state index contributed by atoms with van der Waals surface area (Å²) in [4.78, 5) is 15.1. The van der Waals surface area contributed by atoms with Crippen LogP contribution in [0.5, 0.6) is 0 Å². The zero-order valence-electron chi connectivity index (χ0n) is 14.2. The number of aromatic nitrogens is 1. The van der Waals surface area contributed by atoms with Crippen LogP contribution in [-0.4, -0.2) is 49.5 Å². The molecule has 1 heterocycles. The van der Waals surface area contributed by atoms with Gasteiger partial charge >= 0.3 is 0 Å². The number of hydrogen-bond donors (Lipinski definition) is 2. The molecule has 0 aliphatic rings. The summed E-state index contributed by atoms with van der Waals surface area (Å²) in [6, 6.07) is 8.04. The molecule has 24 heavy (non-hydrogen) atoms. The zero-order chi connectivity index (χ0) is 17.6. The van der Waals surface area contributed by atoms with Crippen molar-refractivity contribution in [3.8, 4) is 0 Å². The van der Waals surface area contributed by atoms with Gasteiger partial charge in [0, 0.05) is 43.2 Å². The summed E-state index contributed by atoms with van der Waals surface area (Å²) in [7, 11) is -3.25. The van der Waals surface area contributed by atoms with E-state index in [0.717, 1.165) is 29.3 Å². The quantitative estimate of drug-likeness (QED) is 0.724. The van der Waals surface area contributed by atoms with Gasteiger partial charge in [-0.15, -0.1) is 0 Å². The Morgan fingerprint density at radius 1 is 1.25 bits per heavy atom. The van der Waals surface area contributed by atoms with Gasteiger partial charge in [0.05, 0.1) is 6.26 Å². The Hall–Kier alpha value is -1.86. The van der Waals surface area contributed by atoms with Gasteiger partial charge in [-0.3, -0.25) is 4.79 Å².